The number of ether oxygens (including phenoxy) is 2. The molecule has 5 rings (SSSR count). The van der Waals surface area contributed by atoms with Crippen LogP contribution in [0.2, 0.25) is 0 Å². The van der Waals surface area contributed by atoms with Gasteiger partial charge in [-0.1, -0.05) is 42.1 Å². The number of hydrogen-bond donors (Lipinski definition) is 1. The van der Waals surface area contributed by atoms with Crippen molar-refractivity contribution >= 4 is 33.7 Å². The Balaban J connectivity index is 1.61. The molecule has 1 N–H and O–H groups in total. The molecule has 0 aliphatic carbocycles. The van der Waals surface area contributed by atoms with Gasteiger partial charge in [-0.2, -0.15) is 0 Å². The first-order chi connectivity index (χ1) is 15.3. The summed E-state index contributed by atoms with van der Waals surface area (Å²) in [6.07, 6.45) is 0. The molecule has 1 aliphatic rings. The highest BCUT2D eigenvalue weighted by Gasteiger charge is 2.19. The molecule has 31 heavy (non-hydrogen) atoms. The maximum atomic E-state index is 13.6. The smallest absolute Gasteiger partial charge is 0.283 e. The molecule has 0 spiro atoms. The second kappa shape index (κ2) is 8.74. The van der Waals surface area contributed by atoms with Gasteiger partial charge >= 0.3 is 0 Å². The third-order valence-corrected chi connectivity index (χ3v) is 6.48. The molecule has 8 heteroatoms. The fourth-order valence-electron chi connectivity index (χ4n) is 3.96. The van der Waals surface area contributed by atoms with Gasteiger partial charge in [-0.3, -0.25) is 9.69 Å². The molecule has 2 aromatic heterocycles. The SMILES string of the molecule is COc1ccccc1-n1c(SCCN2CCOCC2)nc2c([nH]c3ccccc32)c1=O. The minimum absolute atomic E-state index is 0.125. The van der Waals surface area contributed by atoms with Crippen LogP contribution in [-0.2, 0) is 4.74 Å². The van der Waals surface area contributed by atoms with Crippen LogP contribution in [-0.4, -0.2) is 65.1 Å². The van der Waals surface area contributed by atoms with E-state index in [9.17, 15) is 4.79 Å². The van der Waals surface area contributed by atoms with Gasteiger partial charge in [-0.25, -0.2) is 9.55 Å². The van der Waals surface area contributed by atoms with Gasteiger partial charge in [0.05, 0.1) is 26.0 Å². The maximum absolute atomic E-state index is 13.6. The van der Waals surface area contributed by atoms with Crippen LogP contribution in [0.5, 0.6) is 5.75 Å². The Bertz CT molecular complexity index is 1280. The number of aromatic amines is 1. The molecule has 160 valence electrons. The van der Waals surface area contributed by atoms with Crippen molar-refractivity contribution in [3.63, 3.8) is 0 Å². The van der Waals surface area contributed by atoms with Crippen molar-refractivity contribution in [2.45, 2.75) is 5.16 Å². The first kappa shape index (κ1) is 20.1. The Morgan fingerprint density at radius 3 is 2.74 bits per heavy atom. The van der Waals surface area contributed by atoms with Crippen molar-refractivity contribution in [2.24, 2.45) is 0 Å². The Hall–Kier alpha value is -2.81. The summed E-state index contributed by atoms with van der Waals surface area (Å²) >= 11 is 1.60. The number of thioether (sulfide) groups is 1. The number of methoxy groups -OCH3 is 1. The van der Waals surface area contributed by atoms with Crippen molar-refractivity contribution < 1.29 is 9.47 Å². The summed E-state index contributed by atoms with van der Waals surface area (Å²) in [5.41, 5.74) is 2.69. The number of rotatable bonds is 6. The highest BCUT2D eigenvalue weighted by Crippen LogP contribution is 2.29. The summed E-state index contributed by atoms with van der Waals surface area (Å²) in [6.45, 7) is 4.34. The van der Waals surface area contributed by atoms with Crippen molar-refractivity contribution in [3.8, 4) is 11.4 Å². The van der Waals surface area contributed by atoms with Gasteiger partial charge < -0.3 is 14.5 Å². The molecule has 0 atom stereocenters. The second-order valence-electron chi connectivity index (χ2n) is 7.40. The van der Waals surface area contributed by atoms with E-state index in [4.69, 9.17) is 14.5 Å². The van der Waals surface area contributed by atoms with Crippen molar-refractivity contribution in [2.75, 3.05) is 45.7 Å². The molecule has 0 saturated carbocycles. The first-order valence-corrected chi connectivity index (χ1v) is 11.3. The zero-order valence-corrected chi connectivity index (χ0v) is 18.2. The van der Waals surface area contributed by atoms with Crippen LogP contribution in [0.15, 0.2) is 58.5 Å². The van der Waals surface area contributed by atoms with E-state index in [0.717, 1.165) is 49.5 Å². The largest absolute Gasteiger partial charge is 0.495 e. The van der Waals surface area contributed by atoms with Gasteiger partial charge in [-0.15, -0.1) is 0 Å². The fourth-order valence-corrected chi connectivity index (χ4v) is 4.96. The van der Waals surface area contributed by atoms with Gasteiger partial charge in [-0.05, 0) is 18.2 Å². The average molecular weight is 437 g/mol. The summed E-state index contributed by atoms with van der Waals surface area (Å²) in [6, 6.07) is 15.4. The van der Waals surface area contributed by atoms with Crippen LogP contribution in [0.3, 0.4) is 0 Å². The molecule has 3 heterocycles. The molecule has 0 unspecified atom stereocenters. The Morgan fingerprint density at radius 1 is 1.13 bits per heavy atom. The lowest BCUT2D eigenvalue weighted by Crippen LogP contribution is -2.37. The molecule has 1 fully saturated rings. The summed E-state index contributed by atoms with van der Waals surface area (Å²) in [5.74, 6) is 1.46. The minimum atomic E-state index is -0.125. The third kappa shape index (κ3) is 3.82. The first-order valence-electron chi connectivity index (χ1n) is 10.4. The van der Waals surface area contributed by atoms with Gasteiger partial charge in [0, 0.05) is 36.3 Å². The summed E-state index contributed by atoms with van der Waals surface area (Å²) in [5, 5.41) is 1.62. The van der Waals surface area contributed by atoms with E-state index in [2.05, 4.69) is 9.88 Å². The number of hydrogen-bond acceptors (Lipinski definition) is 6. The van der Waals surface area contributed by atoms with Gasteiger partial charge in [0.15, 0.2) is 5.16 Å². The topological polar surface area (TPSA) is 72.4 Å². The fraction of sp³-hybridized carbons (Fsp3) is 0.304. The summed E-state index contributed by atoms with van der Waals surface area (Å²) in [4.78, 5) is 24.2. The standard InChI is InChI=1S/C23H24N4O3S/c1-29-19-9-5-4-8-18(19)27-22(28)21-20(16-6-2-3-7-17(16)24-21)25-23(27)31-15-12-26-10-13-30-14-11-26/h2-9,24H,10-15H2,1H3. The molecule has 0 radical (unpaired) electrons. The van der Waals surface area contributed by atoms with E-state index >= 15 is 0 Å². The van der Waals surface area contributed by atoms with Crippen molar-refractivity contribution in [1.29, 1.82) is 0 Å². The van der Waals surface area contributed by atoms with E-state index in [1.54, 1.807) is 23.4 Å². The number of aromatic nitrogens is 3. The molecule has 0 amide bonds. The summed E-state index contributed by atoms with van der Waals surface area (Å²) in [7, 11) is 1.62. The number of nitrogens with zero attached hydrogens (tertiary/aromatic N) is 3. The van der Waals surface area contributed by atoms with Crippen LogP contribution in [0.4, 0.5) is 0 Å². The van der Waals surface area contributed by atoms with Crippen molar-refractivity contribution in [3.05, 3.63) is 58.9 Å². The lowest BCUT2D eigenvalue weighted by Gasteiger charge is -2.26. The highest BCUT2D eigenvalue weighted by molar-refractivity contribution is 7.99. The molecule has 1 saturated heterocycles. The number of morpholine rings is 1. The number of para-hydroxylation sites is 3. The van der Waals surface area contributed by atoms with Crippen LogP contribution < -0.4 is 10.3 Å². The Kier molecular flexibility index (Phi) is 5.67. The van der Waals surface area contributed by atoms with Crippen LogP contribution >= 0.6 is 11.8 Å². The maximum Gasteiger partial charge on any atom is 0.283 e. The summed E-state index contributed by atoms with van der Waals surface area (Å²) < 4.78 is 12.7. The predicted octanol–water partition coefficient (Wildman–Crippen LogP) is 3.30. The zero-order valence-electron chi connectivity index (χ0n) is 17.3. The molecule has 2 aromatic carbocycles. The van der Waals surface area contributed by atoms with Crippen LogP contribution in [0.1, 0.15) is 0 Å². The monoisotopic (exact) mass is 436 g/mol. The molecule has 7 nitrogen and oxygen atoms in total. The lowest BCUT2D eigenvalue weighted by atomic mass is 10.2. The highest BCUT2D eigenvalue weighted by atomic mass is 32.2. The van der Waals surface area contributed by atoms with E-state index in [1.165, 1.54) is 0 Å². The number of fused-ring (bicyclic) bond motifs is 3. The molecule has 0 bridgehead atoms. The molecular weight excluding hydrogens is 412 g/mol. The lowest BCUT2D eigenvalue weighted by molar-refractivity contribution is 0.0410. The average Bonchev–Trinajstić information content (AvgIpc) is 3.19. The third-order valence-electron chi connectivity index (χ3n) is 5.56. The van der Waals surface area contributed by atoms with Crippen LogP contribution in [0.25, 0.3) is 27.6 Å². The van der Waals surface area contributed by atoms with Crippen LogP contribution in [0, 0.1) is 0 Å². The van der Waals surface area contributed by atoms with Gasteiger partial charge in [0.2, 0.25) is 0 Å². The zero-order chi connectivity index (χ0) is 21.2. The van der Waals surface area contributed by atoms with Gasteiger partial charge in [0.1, 0.15) is 16.8 Å². The van der Waals surface area contributed by atoms with E-state index in [0.29, 0.717) is 27.6 Å². The van der Waals surface area contributed by atoms with E-state index in [-0.39, 0.29) is 5.56 Å². The molecule has 1 aliphatic heterocycles. The number of benzene rings is 2. The van der Waals surface area contributed by atoms with Crippen molar-refractivity contribution in [1.82, 2.24) is 19.4 Å². The van der Waals surface area contributed by atoms with E-state index in [1.807, 2.05) is 48.5 Å². The quantitative estimate of drug-likeness (QED) is 0.369. The minimum Gasteiger partial charge on any atom is -0.495 e. The second-order valence-corrected chi connectivity index (χ2v) is 8.47. The van der Waals surface area contributed by atoms with Gasteiger partial charge in [0.25, 0.3) is 5.56 Å². The normalized spacial score (nSPS) is 15.0. The van der Waals surface area contributed by atoms with E-state index < -0.39 is 0 Å². The Labute approximate surface area is 184 Å². The Morgan fingerprint density at radius 2 is 1.90 bits per heavy atom. The molecular formula is C23H24N4O3S. The predicted molar refractivity (Wildman–Crippen MR) is 124 cm³/mol. The number of nitrogens with one attached hydrogen (secondary N) is 1. The number of H-pyrrole nitrogens is 1. The molecule has 4 aromatic rings.